The first-order valence-electron chi connectivity index (χ1n) is 2.99. The van der Waals surface area contributed by atoms with Crippen molar-refractivity contribution in [1.29, 1.82) is 0 Å². The molecule has 0 radical (unpaired) electrons. The summed E-state index contributed by atoms with van der Waals surface area (Å²) < 4.78 is 1.71. The molecule has 0 fully saturated rings. The summed E-state index contributed by atoms with van der Waals surface area (Å²) in [5.74, 6) is 0. The Hall–Kier alpha value is 0.00494. The van der Waals surface area contributed by atoms with Crippen molar-refractivity contribution in [1.82, 2.24) is 0 Å². The van der Waals surface area contributed by atoms with E-state index in [1.807, 2.05) is 6.07 Å². The molecule has 5 heteroatoms. The molecule has 0 unspecified atom stereocenters. The Bertz CT molecular complexity index is 280. The molecule has 12 heavy (non-hydrogen) atoms. The van der Waals surface area contributed by atoms with Gasteiger partial charge in [-0.05, 0) is 28.1 Å². The van der Waals surface area contributed by atoms with Crippen LogP contribution in [-0.4, -0.2) is 13.5 Å². The first-order chi connectivity index (χ1) is 5.15. The number of nitrogen functional groups attached to an aromatic ring is 1. The van der Waals surface area contributed by atoms with E-state index in [2.05, 4.69) is 31.9 Å². The molecule has 0 aliphatic carbocycles. The smallest absolute Gasteiger partial charge is 0.0814 e. The van der Waals surface area contributed by atoms with Crippen molar-refractivity contribution < 1.29 is 5.11 Å². The van der Waals surface area contributed by atoms with Gasteiger partial charge in [0.1, 0.15) is 0 Å². The van der Waals surface area contributed by atoms with Gasteiger partial charge in [-0.3, -0.25) is 0 Å². The summed E-state index contributed by atoms with van der Waals surface area (Å²) in [7, 11) is 0. The predicted octanol–water partition coefficient (Wildman–Crippen LogP) is 1.10. The number of nitrogens with two attached hydrogens (primary N) is 1. The molecule has 0 heterocycles. The number of halogens is 2. The minimum atomic E-state index is -0.0378. The fraction of sp³-hybridized carbons (Fsp3) is 0.143. The van der Waals surface area contributed by atoms with E-state index in [9.17, 15) is 0 Å². The van der Waals surface area contributed by atoms with Crippen LogP contribution in [0.4, 0.5) is 5.69 Å². The standard InChI is InChI=1S/C7H7Br2NO.BH3/c8-5-1-4(3-11)7(10)6(9)2-5;/h1-2,11H,3,10H2;1H3. The molecule has 0 aliphatic rings. The van der Waals surface area contributed by atoms with E-state index in [-0.39, 0.29) is 15.0 Å². The van der Waals surface area contributed by atoms with Gasteiger partial charge in [-0.15, -0.1) is 0 Å². The van der Waals surface area contributed by atoms with Gasteiger partial charge in [0.15, 0.2) is 0 Å². The molecule has 0 saturated heterocycles. The minimum Gasteiger partial charge on any atom is -0.398 e. The molecule has 66 valence electrons. The third-order valence-corrected chi connectivity index (χ3v) is 2.46. The van der Waals surface area contributed by atoms with Crippen molar-refractivity contribution in [3.8, 4) is 0 Å². The molecular formula is C7H10BBr2NO. The normalized spacial score (nSPS) is 9.25. The maximum atomic E-state index is 8.85. The van der Waals surface area contributed by atoms with E-state index in [4.69, 9.17) is 10.8 Å². The lowest BCUT2D eigenvalue weighted by atomic mass is 10.2. The summed E-state index contributed by atoms with van der Waals surface area (Å²) in [5.41, 5.74) is 6.96. The van der Waals surface area contributed by atoms with Crippen molar-refractivity contribution >= 4 is 46.0 Å². The van der Waals surface area contributed by atoms with Gasteiger partial charge in [0.05, 0.1) is 20.7 Å². The van der Waals surface area contributed by atoms with Crippen LogP contribution < -0.4 is 5.73 Å². The number of hydrogen-bond donors (Lipinski definition) is 2. The van der Waals surface area contributed by atoms with Crippen molar-refractivity contribution in [3.63, 3.8) is 0 Å². The SMILES string of the molecule is B.Nc1c(Br)cc(Br)cc1CO. The topological polar surface area (TPSA) is 46.2 Å². The number of aliphatic hydroxyl groups excluding tert-OH is 1. The molecule has 0 bridgehead atoms. The maximum Gasteiger partial charge on any atom is 0.0814 e. The fourth-order valence-corrected chi connectivity index (χ4v) is 2.08. The zero-order chi connectivity index (χ0) is 8.43. The molecule has 0 atom stereocenters. The van der Waals surface area contributed by atoms with Gasteiger partial charge in [-0.1, -0.05) is 15.9 Å². The summed E-state index contributed by atoms with van der Waals surface area (Å²) in [6.45, 7) is -0.0378. The third kappa shape index (κ3) is 2.50. The molecule has 0 saturated carbocycles. The zero-order valence-corrected chi connectivity index (χ0v) is 8.81. The van der Waals surface area contributed by atoms with E-state index >= 15 is 0 Å². The van der Waals surface area contributed by atoms with E-state index in [1.54, 1.807) is 6.07 Å². The van der Waals surface area contributed by atoms with E-state index in [1.165, 1.54) is 0 Å². The fourth-order valence-electron chi connectivity index (χ4n) is 0.769. The molecule has 1 aromatic rings. The molecule has 0 aromatic heterocycles. The van der Waals surface area contributed by atoms with Crippen LogP contribution in [0.2, 0.25) is 0 Å². The van der Waals surface area contributed by atoms with Crippen LogP contribution >= 0.6 is 31.9 Å². The Kier molecular flexibility index (Phi) is 4.89. The summed E-state index contributed by atoms with van der Waals surface area (Å²) in [6.07, 6.45) is 0. The maximum absolute atomic E-state index is 8.85. The van der Waals surface area contributed by atoms with E-state index < -0.39 is 0 Å². The Morgan fingerprint density at radius 3 is 2.42 bits per heavy atom. The molecule has 2 nitrogen and oxygen atoms in total. The third-order valence-electron chi connectivity index (χ3n) is 1.35. The van der Waals surface area contributed by atoms with Crippen LogP contribution in [0.3, 0.4) is 0 Å². The predicted molar refractivity (Wildman–Crippen MR) is 62.1 cm³/mol. The molecule has 1 rings (SSSR count). The van der Waals surface area contributed by atoms with E-state index in [0.717, 1.165) is 14.5 Å². The Labute approximate surface area is 90.0 Å². The Morgan fingerprint density at radius 2 is 1.92 bits per heavy atom. The average Bonchev–Trinajstić information content (AvgIpc) is 1.96. The first kappa shape index (κ1) is 12.0. The average molecular weight is 295 g/mol. The highest BCUT2D eigenvalue weighted by molar-refractivity contribution is 9.11. The van der Waals surface area contributed by atoms with Gasteiger partial charge in [-0.25, -0.2) is 0 Å². The van der Waals surface area contributed by atoms with Crippen LogP contribution in [0.5, 0.6) is 0 Å². The van der Waals surface area contributed by atoms with E-state index in [0.29, 0.717) is 5.69 Å². The van der Waals surface area contributed by atoms with Crippen molar-refractivity contribution in [2.75, 3.05) is 5.73 Å². The molecule has 0 aliphatic heterocycles. The zero-order valence-electron chi connectivity index (χ0n) is 5.64. The van der Waals surface area contributed by atoms with Gasteiger partial charge in [0.25, 0.3) is 0 Å². The van der Waals surface area contributed by atoms with Gasteiger partial charge in [-0.2, -0.15) is 0 Å². The lowest BCUT2D eigenvalue weighted by molar-refractivity contribution is 0.282. The van der Waals surface area contributed by atoms with Crippen molar-refractivity contribution in [2.24, 2.45) is 0 Å². The first-order valence-corrected chi connectivity index (χ1v) is 4.58. The van der Waals surface area contributed by atoms with Crippen LogP contribution in [0.15, 0.2) is 21.1 Å². The second-order valence-electron chi connectivity index (χ2n) is 2.12. The number of rotatable bonds is 1. The number of hydrogen-bond acceptors (Lipinski definition) is 2. The van der Waals surface area contributed by atoms with Gasteiger partial charge in [0.2, 0.25) is 0 Å². The lowest BCUT2D eigenvalue weighted by Crippen LogP contribution is -1.95. The second kappa shape index (κ2) is 4.89. The second-order valence-corrected chi connectivity index (χ2v) is 3.89. The molecule has 1 aromatic carbocycles. The summed E-state index contributed by atoms with van der Waals surface area (Å²) >= 11 is 6.56. The van der Waals surface area contributed by atoms with Gasteiger partial charge in [0, 0.05) is 14.5 Å². The van der Waals surface area contributed by atoms with Crippen LogP contribution in [-0.2, 0) is 6.61 Å². The Morgan fingerprint density at radius 1 is 1.33 bits per heavy atom. The molecule has 0 spiro atoms. The monoisotopic (exact) mass is 293 g/mol. The highest BCUT2D eigenvalue weighted by atomic mass is 79.9. The highest BCUT2D eigenvalue weighted by Gasteiger charge is 2.03. The Balaban J connectivity index is 0.00000121. The largest absolute Gasteiger partial charge is 0.398 e. The van der Waals surface area contributed by atoms with Crippen LogP contribution in [0, 0.1) is 0 Å². The molecule has 3 N–H and O–H groups in total. The lowest BCUT2D eigenvalue weighted by Gasteiger charge is -2.04. The number of anilines is 1. The quantitative estimate of drug-likeness (QED) is 0.602. The molecule has 0 amide bonds. The van der Waals surface area contributed by atoms with Crippen molar-refractivity contribution in [2.45, 2.75) is 6.61 Å². The van der Waals surface area contributed by atoms with Crippen LogP contribution in [0.1, 0.15) is 5.56 Å². The summed E-state index contributed by atoms with van der Waals surface area (Å²) in [4.78, 5) is 0. The number of benzene rings is 1. The summed E-state index contributed by atoms with van der Waals surface area (Å²) in [5, 5.41) is 8.85. The van der Waals surface area contributed by atoms with Gasteiger partial charge < -0.3 is 10.8 Å². The highest BCUT2D eigenvalue weighted by Crippen LogP contribution is 2.27. The number of aliphatic hydroxyl groups is 1. The van der Waals surface area contributed by atoms with Crippen LogP contribution in [0.25, 0.3) is 0 Å². The van der Waals surface area contributed by atoms with Crippen molar-refractivity contribution in [3.05, 3.63) is 26.6 Å². The molecular weight excluding hydrogens is 285 g/mol. The summed E-state index contributed by atoms with van der Waals surface area (Å²) in [6, 6.07) is 3.63. The van der Waals surface area contributed by atoms with Gasteiger partial charge >= 0.3 is 0 Å². The minimum absolute atomic E-state index is 0.